The van der Waals surface area contributed by atoms with Gasteiger partial charge >= 0.3 is 6.18 Å². The largest absolute Gasteiger partial charge is 0.449 e. The van der Waals surface area contributed by atoms with Gasteiger partial charge in [-0.3, -0.25) is 4.79 Å². The van der Waals surface area contributed by atoms with Crippen molar-refractivity contribution in [2.75, 3.05) is 0 Å². The molecule has 134 valence electrons. The van der Waals surface area contributed by atoms with Crippen LogP contribution in [-0.4, -0.2) is 15.5 Å². The van der Waals surface area contributed by atoms with E-state index in [1.807, 2.05) is 24.3 Å². The lowest BCUT2D eigenvalue weighted by Crippen LogP contribution is -2.31. The fourth-order valence-corrected chi connectivity index (χ4v) is 3.54. The van der Waals surface area contributed by atoms with Crippen LogP contribution < -0.4 is 5.32 Å². The van der Waals surface area contributed by atoms with E-state index in [9.17, 15) is 18.0 Å². The summed E-state index contributed by atoms with van der Waals surface area (Å²) in [4.78, 5) is 16.1. The summed E-state index contributed by atoms with van der Waals surface area (Å²) in [5, 5.41) is 2.86. The number of nitrogens with one attached hydrogen (secondary N) is 1. The summed E-state index contributed by atoms with van der Waals surface area (Å²) < 4.78 is 40.9. The Morgan fingerprint density at radius 1 is 1.15 bits per heavy atom. The fourth-order valence-electron chi connectivity index (χ4n) is 3.54. The van der Waals surface area contributed by atoms with Crippen LogP contribution in [0.2, 0.25) is 0 Å². The summed E-state index contributed by atoms with van der Waals surface area (Å²) in [6.45, 7) is -0.423. The first kappa shape index (κ1) is 16.6. The Morgan fingerprint density at radius 3 is 2.69 bits per heavy atom. The topological polar surface area (TPSA) is 46.9 Å². The van der Waals surface area contributed by atoms with E-state index in [-0.39, 0.29) is 11.6 Å². The molecular formula is C19H16F3N3O. The standard InChI is InChI=1S/C19H16F3N3O/c20-19(21,22)18-24-15-7-3-4-8-16(15)25(18)11-17(26)23-14-10-9-12-5-1-2-6-13(12)14/h1-8,14H,9-11H2,(H,23,26)/t14-/m0/s1. The van der Waals surface area contributed by atoms with Crippen molar-refractivity contribution in [1.29, 1.82) is 0 Å². The lowest BCUT2D eigenvalue weighted by molar-refractivity contribution is -0.147. The van der Waals surface area contributed by atoms with Crippen molar-refractivity contribution in [1.82, 2.24) is 14.9 Å². The highest BCUT2D eigenvalue weighted by atomic mass is 19.4. The third-order valence-electron chi connectivity index (χ3n) is 4.68. The predicted molar refractivity (Wildman–Crippen MR) is 90.4 cm³/mol. The lowest BCUT2D eigenvalue weighted by Gasteiger charge is -2.16. The number of benzene rings is 2. The van der Waals surface area contributed by atoms with Crippen LogP contribution in [0.5, 0.6) is 0 Å². The zero-order valence-corrected chi connectivity index (χ0v) is 13.8. The van der Waals surface area contributed by atoms with E-state index in [4.69, 9.17) is 0 Å². The molecule has 1 amide bonds. The second-order valence-corrected chi connectivity index (χ2v) is 6.37. The number of fused-ring (bicyclic) bond motifs is 2. The molecule has 1 aliphatic carbocycles. The number of aryl methyl sites for hydroxylation is 1. The number of carbonyl (C=O) groups excluding carboxylic acids is 1. The molecule has 0 saturated carbocycles. The number of aromatic nitrogens is 2. The van der Waals surface area contributed by atoms with E-state index in [1.165, 1.54) is 17.7 Å². The molecule has 0 spiro atoms. The molecule has 4 rings (SSSR count). The molecule has 7 heteroatoms. The van der Waals surface area contributed by atoms with Gasteiger partial charge in [0.2, 0.25) is 11.7 Å². The molecule has 1 aromatic heterocycles. The number of nitrogens with zero attached hydrogens (tertiary/aromatic N) is 2. The normalized spacial score (nSPS) is 16.7. The molecule has 1 heterocycles. The Bertz CT molecular complexity index is 978. The van der Waals surface area contributed by atoms with Crippen molar-refractivity contribution < 1.29 is 18.0 Å². The van der Waals surface area contributed by atoms with Gasteiger partial charge in [-0.2, -0.15) is 13.2 Å². The predicted octanol–water partition coefficient (Wildman–Crippen LogP) is 3.86. The van der Waals surface area contributed by atoms with Gasteiger partial charge < -0.3 is 9.88 Å². The van der Waals surface area contributed by atoms with E-state index in [0.717, 1.165) is 23.0 Å². The van der Waals surface area contributed by atoms with Crippen molar-refractivity contribution in [3.8, 4) is 0 Å². The van der Waals surface area contributed by atoms with E-state index in [0.29, 0.717) is 5.52 Å². The molecule has 0 bridgehead atoms. The maximum absolute atomic E-state index is 13.3. The minimum absolute atomic E-state index is 0.164. The Kier molecular flexibility index (Phi) is 3.94. The number of para-hydroxylation sites is 2. The van der Waals surface area contributed by atoms with Crippen LogP contribution in [0.1, 0.15) is 29.4 Å². The van der Waals surface area contributed by atoms with Crippen molar-refractivity contribution in [3.05, 3.63) is 65.5 Å². The van der Waals surface area contributed by atoms with E-state index in [1.54, 1.807) is 12.1 Å². The molecular weight excluding hydrogens is 343 g/mol. The Hall–Kier alpha value is -2.83. The number of rotatable bonds is 3. The van der Waals surface area contributed by atoms with Gasteiger partial charge in [0.15, 0.2) is 0 Å². The van der Waals surface area contributed by atoms with Gasteiger partial charge in [-0.25, -0.2) is 4.98 Å². The van der Waals surface area contributed by atoms with Crippen molar-refractivity contribution in [2.45, 2.75) is 31.6 Å². The number of hydrogen-bond acceptors (Lipinski definition) is 2. The second kappa shape index (κ2) is 6.16. The van der Waals surface area contributed by atoms with E-state index < -0.39 is 24.5 Å². The van der Waals surface area contributed by atoms with Crippen molar-refractivity contribution in [3.63, 3.8) is 0 Å². The van der Waals surface area contributed by atoms with E-state index in [2.05, 4.69) is 10.3 Å². The molecule has 0 radical (unpaired) electrons. The third kappa shape index (κ3) is 2.94. The summed E-state index contributed by atoms with van der Waals surface area (Å²) in [6, 6.07) is 13.9. The van der Waals surface area contributed by atoms with Gasteiger partial charge in [-0.05, 0) is 36.1 Å². The Labute approximate surface area is 147 Å². The highest BCUT2D eigenvalue weighted by molar-refractivity contribution is 5.81. The van der Waals surface area contributed by atoms with Crippen molar-refractivity contribution in [2.24, 2.45) is 0 Å². The molecule has 1 aliphatic rings. The van der Waals surface area contributed by atoms with Gasteiger partial charge in [-0.15, -0.1) is 0 Å². The zero-order valence-electron chi connectivity index (χ0n) is 13.8. The van der Waals surface area contributed by atoms with Crippen LogP contribution in [0.3, 0.4) is 0 Å². The Morgan fingerprint density at radius 2 is 1.88 bits per heavy atom. The molecule has 0 fully saturated rings. The molecule has 4 nitrogen and oxygen atoms in total. The van der Waals surface area contributed by atoms with Gasteiger partial charge in [0, 0.05) is 0 Å². The van der Waals surface area contributed by atoms with Gasteiger partial charge in [0.1, 0.15) is 6.54 Å². The van der Waals surface area contributed by atoms with Crippen LogP contribution in [0, 0.1) is 0 Å². The molecule has 2 aromatic carbocycles. The average molecular weight is 359 g/mol. The highest BCUT2D eigenvalue weighted by Gasteiger charge is 2.38. The molecule has 1 atom stereocenters. The van der Waals surface area contributed by atoms with Crippen LogP contribution in [0.25, 0.3) is 11.0 Å². The minimum atomic E-state index is -4.63. The first-order chi connectivity index (χ1) is 12.4. The summed E-state index contributed by atoms with van der Waals surface area (Å²) in [7, 11) is 0. The number of alkyl halides is 3. The first-order valence-corrected chi connectivity index (χ1v) is 8.33. The number of imidazole rings is 1. The number of amides is 1. The van der Waals surface area contributed by atoms with Crippen LogP contribution in [0.4, 0.5) is 13.2 Å². The van der Waals surface area contributed by atoms with Crippen LogP contribution >= 0.6 is 0 Å². The first-order valence-electron chi connectivity index (χ1n) is 8.33. The van der Waals surface area contributed by atoms with E-state index >= 15 is 0 Å². The van der Waals surface area contributed by atoms with Gasteiger partial charge in [0.05, 0.1) is 17.1 Å². The van der Waals surface area contributed by atoms with Crippen LogP contribution in [0.15, 0.2) is 48.5 Å². The van der Waals surface area contributed by atoms with Crippen LogP contribution in [-0.2, 0) is 23.9 Å². The number of halogens is 3. The molecule has 0 aliphatic heterocycles. The second-order valence-electron chi connectivity index (χ2n) is 6.37. The highest BCUT2D eigenvalue weighted by Crippen LogP contribution is 2.32. The average Bonchev–Trinajstić information content (AvgIpc) is 3.17. The summed E-state index contributed by atoms with van der Waals surface area (Å²) in [5.41, 5.74) is 2.72. The fraction of sp³-hybridized carbons (Fsp3) is 0.263. The lowest BCUT2D eigenvalue weighted by atomic mass is 10.1. The molecule has 0 saturated heterocycles. The maximum Gasteiger partial charge on any atom is 0.449 e. The SMILES string of the molecule is O=C(Cn1c(C(F)(F)F)nc2ccccc21)N[C@H]1CCc2ccccc21. The summed E-state index contributed by atoms with van der Waals surface area (Å²) in [5.74, 6) is -1.51. The monoisotopic (exact) mass is 359 g/mol. The van der Waals surface area contributed by atoms with Crippen molar-refractivity contribution >= 4 is 16.9 Å². The number of carbonyl (C=O) groups is 1. The molecule has 0 unspecified atom stereocenters. The van der Waals surface area contributed by atoms with Gasteiger partial charge in [-0.1, -0.05) is 36.4 Å². The molecule has 26 heavy (non-hydrogen) atoms. The quantitative estimate of drug-likeness (QED) is 0.772. The minimum Gasteiger partial charge on any atom is -0.348 e. The Balaban J connectivity index is 1.60. The molecule has 3 aromatic rings. The zero-order chi connectivity index (χ0) is 18.3. The third-order valence-corrected chi connectivity index (χ3v) is 4.68. The summed E-state index contributed by atoms with van der Waals surface area (Å²) in [6.07, 6.45) is -3.02. The molecule has 1 N–H and O–H groups in total. The van der Waals surface area contributed by atoms with Gasteiger partial charge in [0.25, 0.3) is 0 Å². The summed E-state index contributed by atoms with van der Waals surface area (Å²) >= 11 is 0. The smallest absolute Gasteiger partial charge is 0.348 e. The maximum atomic E-state index is 13.3. The number of hydrogen-bond donors (Lipinski definition) is 1.